The first kappa shape index (κ1) is 10.5. The SMILES string of the molecule is CCC(C)(C(=O)OC)C1(O)CCC1. The summed E-state index contributed by atoms with van der Waals surface area (Å²) in [5, 5.41) is 10.1. The molecule has 0 radical (unpaired) electrons. The second-order valence-electron chi connectivity index (χ2n) is 4.06. The fourth-order valence-electron chi connectivity index (χ4n) is 1.95. The highest BCUT2D eigenvalue weighted by molar-refractivity contribution is 5.78. The monoisotopic (exact) mass is 186 g/mol. The van der Waals surface area contributed by atoms with Crippen LogP contribution in [0.25, 0.3) is 0 Å². The molecule has 0 amide bonds. The summed E-state index contributed by atoms with van der Waals surface area (Å²) in [4.78, 5) is 11.5. The van der Waals surface area contributed by atoms with Crippen LogP contribution in [0.4, 0.5) is 0 Å². The number of carbonyl (C=O) groups is 1. The van der Waals surface area contributed by atoms with Crippen molar-refractivity contribution in [2.75, 3.05) is 7.11 Å². The Balaban J connectivity index is 2.85. The number of ether oxygens (including phenoxy) is 1. The van der Waals surface area contributed by atoms with E-state index in [0.717, 1.165) is 6.42 Å². The molecule has 1 saturated carbocycles. The summed E-state index contributed by atoms with van der Waals surface area (Å²) in [5.74, 6) is -0.294. The van der Waals surface area contributed by atoms with Crippen LogP contribution in [0, 0.1) is 5.41 Å². The van der Waals surface area contributed by atoms with Crippen molar-refractivity contribution >= 4 is 5.97 Å². The fourth-order valence-corrected chi connectivity index (χ4v) is 1.95. The van der Waals surface area contributed by atoms with Gasteiger partial charge in [0.05, 0.1) is 18.1 Å². The molecule has 0 aromatic heterocycles. The molecule has 0 bridgehead atoms. The molecule has 0 aromatic rings. The van der Waals surface area contributed by atoms with Crippen LogP contribution in [0.3, 0.4) is 0 Å². The van der Waals surface area contributed by atoms with Gasteiger partial charge in [0, 0.05) is 0 Å². The quantitative estimate of drug-likeness (QED) is 0.679. The van der Waals surface area contributed by atoms with Crippen molar-refractivity contribution in [2.24, 2.45) is 5.41 Å². The van der Waals surface area contributed by atoms with E-state index in [1.54, 1.807) is 6.92 Å². The fraction of sp³-hybridized carbons (Fsp3) is 0.900. The molecule has 0 spiro atoms. The number of aliphatic hydroxyl groups is 1. The number of carbonyl (C=O) groups excluding carboxylic acids is 1. The zero-order valence-corrected chi connectivity index (χ0v) is 8.59. The van der Waals surface area contributed by atoms with Crippen molar-refractivity contribution in [3.8, 4) is 0 Å². The maximum Gasteiger partial charge on any atom is 0.314 e. The largest absolute Gasteiger partial charge is 0.469 e. The summed E-state index contributed by atoms with van der Waals surface area (Å²) in [6, 6.07) is 0. The van der Waals surface area contributed by atoms with Crippen LogP contribution in [0.15, 0.2) is 0 Å². The molecule has 0 aromatic carbocycles. The van der Waals surface area contributed by atoms with E-state index in [2.05, 4.69) is 0 Å². The predicted molar refractivity (Wildman–Crippen MR) is 49.2 cm³/mol. The van der Waals surface area contributed by atoms with E-state index in [9.17, 15) is 9.90 Å². The molecule has 0 saturated heterocycles. The van der Waals surface area contributed by atoms with Crippen molar-refractivity contribution in [3.05, 3.63) is 0 Å². The summed E-state index contributed by atoms with van der Waals surface area (Å²) >= 11 is 0. The number of hydrogen-bond acceptors (Lipinski definition) is 3. The van der Waals surface area contributed by atoms with E-state index in [0.29, 0.717) is 19.3 Å². The average Bonchev–Trinajstić information content (AvgIpc) is 2.11. The third-order valence-electron chi connectivity index (χ3n) is 3.55. The molecule has 1 aliphatic rings. The zero-order valence-electron chi connectivity index (χ0n) is 8.59. The molecule has 1 rings (SSSR count). The predicted octanol–water partition coefficient (Wildman–Crippen LogP) is 1.49. The Bertz CT molecular complexity index is 208. The Morgan fingerprint density at radius 3 is 2.38 bits per heavy atom. The third kappa shape index (κ3) is 1.35. The summed E-state index contributed by atoms with van der Waals surface area (Å²) in [5.41, 5.74) is -1.55. The molecule has 3 nitrogen and oxygen atoms in total. The van der Waals surface area contributed by atoms with E-state index < -0.39 is 11.0 Å². The molecule has 0 aliphatic heterocycles. The average molecular weight is 186 g/mol. The van der Waals surface area contributed by atoms with E-state index >= 15 is 0 Å². The molecule has 1 atom stereocenters. The van der Waals surface area contributed by atoms with Crippen molar-refractivity contribution in [1.29, 1.82) is 0 Å². The van der Waals surface area contributed by atoms with Crippen LogP contribution >= 0.6 is 0 Å². The van der Waals surface area contributed by atoms with Gasteiger partial charge >= 0.3 is 5.97 Å². The van der Waals surface area contributed by atoms with Gasteiger partial charge in [-0.2, -0.15) is 0 Å². The van der Waals surface area contributed by atoms with Crippen molar-refractivity contribution in [2.45, 2.75) is 45.1 Å². The van der Waals surface area contributed by atoms with Crippen molar-refractivity contribution in [3.63, 3.8) is 0 Å². The lowest BCUT2D eigenvalue weighted by atomic mass is 9.61. The van der Waals surface area contributed by atoms with Gasteiger partial charge in [-0.05, 0) is 32.6 Å². The van der Waals surface area contributed by atoms with Crippen molar-refractivity contribution in [1.82, 2.24) is 0 Å². The highest BCUT2D eigenvalue weighted by Gasteiger charge is 2.55. The summed E-state index contributed by atoms with van der Waals surface area (Å²) in [6.07, 6.45) is 3.05. The van der Waals surface area contributed by atoms with E-state index in [4.69, 9.17) is 4.74 Å². The van der Waals surface area contributed by atoms with Crippen LogP contribution in [-0.4, -0.2) is 23.8 Å². The lowest BCUT2D eigenvalue weighted by Crippen LogP contribution is -2.55. The Kier molecular flexibility index (Phi) is 2.66. The first-order valence-electron chi connectivity index (χ1n) is 4.81. The Hall–Kier alpha value is -0.570. The van der Waals surface area contributed by atoms with Crippen molar-refractivity contribution < 1.29 is 14.6 Å². The maximum atomic E-state index is 11.5. The smallest absolute Gasteiger partial charge is 0.314 e. The lowest BCUT2D eigenvalue weighted by molar-refractivity contribution is -0.184. The Morgan fingerprint density at radius 2 is 2.15 bits per heavy atom. The maximum absolute atomic E-state index is 11.5. The first-order chi connectivity index (χ1) is 6.00. The van der Waals surface area contributed by atoms with Gasteiger partial charge in [-0.1, -0.05) is 6.92 Å². The third-order valence-corrected chi connectivity index (χ3v) is 3.55. The number of rotatable bonds is 3. The van der Waals surface area contributed by atoms with E-state index in [1.165, 1.54) is 7.11 Å². The first-order valence-corrected chi connectivity index (χ1v) is 4.81. The second kappa shape index (κ2) is 3.29. The molecular weight excluding hydrogens is 168 g/mol. The molecular formula is C10H18O3. The molecule has 3 heteroatoms. The van der Waals surface area contributed by atoms with Gasteiger partial charge in [0.25, 0.3) is 0 Å². The Morgan fingerprint density at radius 1 is 1.62 bits per heavy atom. The van der Waals surface area contributed by atoms with Gasteiger partial charge in [0.1, 0.15) is 0 Å². The van der Waals surface area contributed by atoms with Gasteiger partial charge in [-0.15, -0.1) is 0 Å². The van der Waals surface area contributed by atoms with Crippen LogP contribution in [0.5, 0.6) is 0 Å². The standard InChI is InChI=1S/C10H18O3/c1-4-9(2,8(11)13-3)10(12)6-5-7-10/h12H,4-7H2,1-3H3. The summed E-state index contributed by atoms with van der Waals surface area (Å²) in [7, 11) is 1.37. The number of esters is 1. The minimum atomic E-state index is -0.825. The topological polar surface area (TPSA) is 46.5 Å². The second-order valence-corrected chi connectivity index (χ2v) is 4.06. The van der Waals surface area contributed by atoms with Gasteiger partial charge in [0.2, 0.25) is 0 Å². The molecule has 0 heterocycles. The zero-order chi connectivity index (χ0) is 10.1. The summed E-state index contributed by atoms with van der Waals surface area (Å²) in [6.45, 7) is 3.70. The van der Waals surface area contributed by atoms with Gasteiger partial charge < -0.3 is 9.84 Å². The van der Waals surface area contributed by atoms with Gasteiger partial charge in [-0.3, -0.25) is 4.79 Å². The molecule has 1 fully saturated rings. The van der Waals surface area contributed by atoms with Crippen LogP contribution in [-0.2, 0) is 9.53 Å². The molecule has 1 N–H and O–H groups in total. The Labute approximate surface area is 79.1 Å². The van der Waals surface area contributed by atoms with E-state index in [-0.39, 0.29) is 5.97 Å². The lowest BCUT2D eigenvalue weighted by Gasteiger charge is -2.48. The number of hydrogen-bond donors (Lipinski definition) is 1. The highest BCUT2D eigenvalue weighted by Crippen LogP contribution is 2.48. The van der Waals surface area contributed by atoms with E-state index in [1.807, 2.05) is 6.92 Å². The van der Waals surface area contributed by atoms with Gasteiger partial charge in [-0.25, -0.2) is 0 Å². The molecule has 1 unspecified atom stereocenters. The van der Waals surface area contributed by atoms with Crippen LogP contribution in [0.1, 0.15) is 39.5 Å². The highest BCUT2D eigenvalue weighted by atomic mass is 16.5. The van der Waals surface area contributed by atoms with Gasteiger partial charge in [0.15, 0.2) is 0 Å². The summed E-state index contributed by atoms with van der Waals surface area (Å²) < 4.78 is 4.73. The molecule has 1 aliphatic carbocycles. The minimum Gasteiger partial charge on any atom is -0.469 e. The molecule has 76 valence electrons. The van der Waals surface area contributed by atoms with Crippen LogP contribution < -0.4 is 0 Å². The van der Waals surface area contributed by atoms with Crippen LogP contribution in [0.2, 0.25) is 0 Å². The molecule has 13 heavy (non-hydrogen) atoms. The normalized spacial score (nSPS) is 24.3. The minimum absolute atomic E-state index is 0.294. The number of methoxy groups -OCH3 is 1.